The molecule has 0 radical (unpaired) electrons. The number of benzene rings is 2. The van der Waals surface area contributed by atoms with Crippen LogP contribution in [0.3, 0.4) is 0 Å². The third-order valence-corrected chi connectivity index (χ3v) is 4.80. The maximum Gasteiger partial charge on any atom is 0.338 e. The second kappa shape index (κ2) is 9.04. The van der Waals surface area contributed by atoms with Gasteiger partial charge >= 0.3 is 5.97 Å². The first-order valence-corrected chi connectivity index (χ1v) is 9.64. The number of sulfonamides is 1. The second-order valence-electron chi connectivity index (χ2n) is 5.61. The first kappa shape index (κ1) is 20.2. The van der Waals surface area contributed by atoms with Crippen LogP contribution in [0.2, 0.25) is 0 Å². The summed E-state index contributed by atoms with van der Waals surface area (Å²) < 4.78 is 36.8. The van der Waals surface area contributed by atoms with E-state index in [2.05, 4.69) is 4.72 Å². The first-order chi connectivity index (χ1) is 12.8. The number of nitrogens with two attached hydrogens (primary N) is 1. The van der Waals surface area contributed by atoms with E-state index in [4.69, 9.17) is 15.2 Å². The van der Waals surface area contributed by atoms with Crippen LogP contribution in [0.4, 0.5) is 5.69 Å². The summed E-state index contributed by atoms with van der Waals surface area (Å²) in [5.41, 5.74) is 6.02. The predicted molar refractivity (Wildman–Crippen MR) is 99.8 cm³/mol. The van der Waals surface area contributed by atoms with Crippen LogP contribution in [0, 0.1) is 0 Å². The van der Waals surface area contributed by atoms with Crippen molar-refractivity contribution in [3.05, 3.63) is 59.7 Å². The summed E-state index contributed by atoms with van der Waals surface area (Å²) >= 11 is 0. The van der Waals surface area contributed by atoms with Gasteiger partial charge in [-0.1, -0.05) is 30.3 Å². The van der Waals surface area contributed by atoms with E-state index in [0.29, 0.717) is 0 Å². The standard InChI is InChI=1S/C18H20N2O6S/c1-25-16-8-7-14(18(22)26-12-13-5-3-2-4-6-13)11-15(16)20-27(23,24)10-9-17(19)21/h2-8,11,20H,9-10,12H2,1H3,(H2,19,21). The fraction of sp³-hybridized carbons (Fsp3) is 0.222. The Morgan fingerprint density at radius 2 is 1.81 bits per heavy atom. The minimum absolute atomic E-state index is 0.0659. The molecule has 0 saturated heterocycles. The van der Waals surface area contributed by atoms with Crippen molar-refractivity contribution in [3.8, 4) is 5.75 Å². The number of anilines is 1. The van der Waals surface area contributed by atoms with E-state index in [1.54, 1.807) is 0 Å². The predicted octanol–water partition coefficient (Wildman–Crippen LogP) is 1.67. The molecule has 0 bridgehead atoms. The number of hydrogen-bond acceptors (Lipinski definition) is 6. The molecule has 0 aliphatic heterocycles. The molecule has 8 nitrogen and oxygen atoms in total. The van der Waals surface area contributed by atoms with Crippen LogP contribution in [-0.4, -0.2) is 33.2 Å². The second-order valence-corrected chi connectivity index (χ2v) is 7.46. The third-order valence-electron chi connectivity index (χ3n) is 3.53. The summed E-state index contributed by atoms with van der Waals surface area (Å²) in [5, 5.41) is 0. The molecule has 2 rings (SSSR count). The Balaban J connectivity index is 2.13. The molecule has 0 aliphatic carbocycles. The van der Waals surface area contributed by atoms with E-state index in [-0.39, 0.29) is 30.0 Å². The van der Waals surface area contributed by atoms with Gasteiger partial charge < -0.3 is 15.2 Å². The maximum atomic E-state index is 12.2. The Kier molecular flexibility index (Phi) is 6.78. The number of esters is 1. The van der Waals surface area contributed by atoms with Crippen LogP contribution in [0.1, 0.15) is 22.3 Å². The average Bonchev–Trinajstić information content (AvgIpc) is 2.65. The molecular weight excluding hydrogens is 372 g/mol. The van der Waals surface area contributed by atoms with Crippen LogP contribution < -0.4 is 15.2 Å². The zero-order chi connectivity index (χ0) is 19.9. The molecule has 1 amide bonds. The molecule has 0 unspecified atom stereocenters. The topological polar surface area (TPSA) is 125 Å². The molecule has 0 atom stereocenters. The first-order valence-electron chi connectivity index (χ1n) is 7.98. The van der Waals surface area contributed by atoms with E-state index in [0.717, 1.165) is 5.56 Å². The third kappa shape index (κ3) is 6.30. The normalized spacial score (nSPS) is 10.9. The highest BCUT2D eigenvalue weighted by Crippen LogP contribution is 2.27. The zero-order valence-electron chi connectivity index (χ0n) is 14.7. The van der Waals surface area contributed by atoms with Gasteiger partial charge in [0.25, 0.3) is 0 Å². The number of hydrogen-bond donors (Lipinski definition) is 2. The van der Waals surface area contributed by atoms with Gasteiger partial charge in [0.1, 0.15) is 12.4 Å². The van der Waals surface area contributed by atoms with Crippen LogP contribution in [-0.2, 0) is 26.2 Å². The quantitative estimate of drug-likeness (QED) is 0.626. The summed E-state index contributed by atoms with van der Waals surface area (Å²) in [4.78, 5) is 23.0. The number of ether oxygens (including phenoxy) is 2. The number of rotatable bonds is 9. The highest BCUT2D eigenvalue weighted by atomic mass is 32.2. The van der Waals surface area contributed by atoms with Gasteiger partial charge in [-0.2, -0.15) is 0 Å². The van der Waals surface area contributed by atoms with Crippen molar-refractivity contribution >= 4 is 27.6 Å². The summed E-state index contributed by atoms with van der Waals surface area (Å²) in [7, 11) is -2.48. The molecule has 2 aromatic carbocycles. The Morgan fingerprint density at radius 1 is 1.11 bits per heavy atom. The van der Waals surface area contributed by atoms with Crippen molar-refractivity contribution in [1.29, 1.82) is 0 Å². The molecule has 9 heteroatoms. The highest BCUT2D eigenvalue weighted by Gasteiger charge is 2.17. The van der Waals surface area contributed by atoms with Gasteiger partial charge in [0.2, 0.25) is 15.9 Å². The maximum absolute atomic E-state index is 12.2. The fourth-order valence-corrected chi connectivity index (χ4v) is 3.24. The zero-order valence-corrected chi connectivity index (χ0v) is 15.5. The largest absolute Gasteiger partial charge is 0.495 e. The van der Waals surface area contributed by atoms with E-state index in [1.165, 1.54) is 25.3 Å². The minimum Gasteiger partial charge on any atom is -0.495 e. The molecule has 0 spiro atoms. The van der Waals surface area contributed by atoms with Gasteiger partial charge in [-0.3, -0.25) is 9.52 Å². The Labute approximate surface area is 157 Å². The number of primary amides is 1. The lowest BCUT2D eigenvalue weighted by atomic mass is 10.2. The molecule has 0 aliphatic rings. The van der Waals surface area contributed by atoms with Crippen LogP contribution >= 0.6 is 0 Å². The Morgan fingerprint density at radius 3 is 2.44 bits per heavy atom. The Bertz CT molecular complexity index is 913. The monoisotopic (exact) mass is 392 g/mol. The molecule has 27 heavy (non-hydrogen) atoms. The highest BCUT2D eigenvalue weighted by molar-refractivity contribution is 7.92. The summed E-state index contributed by atoms with van der Waals surface area (Å²) in [6, 6.07) is 13.4. The van der Waals surface area contributed by atoms with Crippen LogP contribution in [0.25, 0.3) is 0 Å². The average molecular weight is 392 g/mol. The number of carbonyl (C=O) groups is 2. The van der Waals surface area contributed by atoms with Gasteiger partial charge in [-0.15, -0.1) is 0 Å². The molecule has 0 saturated carbocycles. The summed E-state index contributed by atoms with van der Waals surface area (Å²) in [6.45, 7) is 0.0887. The minimum atomic E-state index is -3.84. The number of methoxy groups -OCH3 is 1. The number of amides is 1. The van der Waals surface area contributed by atoms with Crippen molar-refractivity contribution < 1.29 is 27.5 Å². The van der Waals surface area contributed by atoms with Crippen LogP contribution in [0.5, 0.6) is 5.75 Å². The van der Waals surface area contributed by atoms with Crippen LogP contribution in [0.15, 0.2) is 48.5 Å². The van der Waals surface area contributed by atoms with Crippen molar-refractivity contribution in [2.24, 2.45) is 5.73 Å². The van der Waals surface area contributed by atoms with E-state index < -0.39 is 27.7 Å². The number of nitrogens with one attached hydrogen (secondary N) is 1. The van der Waals surface area contributed by atoms with E-state index in [1.807, 2.05) is 30.3 Å². The molecule has 144 valence electrons. The van der Waals surface area contributed by atoms with Crippen molar-refractivity contribution in [3.63, 3.8) is 0 Å². The van der Waals surface area contributed by atoms with Crippen molar-refractivity contribution in [1.82, 2.24) is 0 Å². The number of carbonyl (C=O) groups excluding carboxylic acids is 2. The van der Waals surface area contributed by atoms with Gasteiger partial charge in [0, 0.05) is 6.42 Å². The Hall–Kier alpha value is -3.07. The lowest BCUT2D eigenvalue weighted by molar-refractivity contribution is -0.117. The molecule has 0 fully saturated rings. The van der Waals surface area contributed by atoms with Gasteiger partial charge in [0.15, 0.2) is 0 Å². The molecule has 3 N–H and O–H groups in total. The van der Waals surface area contributed by atoms with E-state index in [9.17, 15) is 18.0 Å². The molecule has 0 aromatic heterocycles. The SMILES string of the molecule is COc1ccc(C(=O)OCc2ccccc2)cc1NS(=O)(=O)CCC(N)=O. The van der Waals surface area contributed by atoms with Crippen molar-refractivity contribution in [2.45, 2.75) is 13.0 Å². The molecule has 2 aromatic rings. The van der Waals surface area contributed by atoms with Crippen molar-refractivity contribution in [2.75, 3.05) is 17.6 Å². The summed E-state index contributed by atoms with van der Waals surface area (Å²) in [5.74, 6) is -1.60. The summed E-state index contributed by atoms with van der Waals surface area (Å²) in [6.07, 6.45) is -0.323. The van der Waals surface area contributed by atoms with E-state index >= 15 is 0 Å². The van der Waals surface area contributed by atoms with Gasteiger partial charge in [-0.25, -0.2) is 13.2 Å². The smallest absolute Gasteiger partial charge is 0.338 e. The fourth-order valence-electron chi connectivity index (χ4n) is 2.17. The molecule has 0 heterocycles. The molecular formula is C18H20N2O6S. The van der Waals surface area contributed by atoms with Gasteiger partial charge in [-0.05, 0) is 23.8 Å². The lowest BCUT2D eigenvalue weighted by Gasteiger charge is -2.13. The van der Waals surface area contributed by atoms with Gasteiger partial charge in [0.05, 0.1) is 24.1 Å². The lowest BCUT2D eigenvalue weighted by Crippen LogP contribution is -2.22.